The largest absolute Gasteiger partial charge is 0.492 e. The van der Waals surface area contributed by atoms with Crippen LogP contribution in [0.2, 0.25) is 0 Å². The van der Waals surface area contributed by atoms with Crippen molar-refractivity contribution in [3.05, 3.63) is 101 Å². The van der Waals surface area contributed by atoms with Gasteiger partial charge in [0.1, 0.15) is 0 Å². The number of nitrogens with one attached hydrogen (secondary N) is 4. The summed E-state index contributed by atoms with van der Waals surface area (Å²) in [6.07, 6.45) is 4.87. The average Bonchev–Trinajstić information content (AvgIpc) is 3.64. The zero-order valence-corrected chi connectivity index (χ0v) is 28.2. The Kier molecular flexibility index (Phi) is 8.87. The molecule has 1 aliphatic heterocycles. The molecular weight excluding hydrogens is 602 g/mol. The summed E-state index contributed by atoms with van der Waals surface area (Å²) in [5, 5.41) is 9.47. The molecule has 11 nitrogen and oxygen atoms in total. The minimum atomic E-state index is -3.61. The Morgan fingerprint density at radius 2 is 1.72 bits per heavy atom. The molecular formula is C34H41N7O4S. The maximum Gasteiger partial charge on any atom is 0.255 e. The Morgan fingerprint density at radius 1 is 1.02 bits per heavy atom. The van der Waals surface area contributed by atoms with Crippen LogP contribution in [0.3, 0.4) is 0 Å². The predicted octanol–water partition coefficient (Wildman–Crippen LogP) is 6.06. The molecule has 0 radical (unpaired) electrons. The number of anilines is 3. The van der Waals surface area contributed by atoms with E-state index in [0.29, 0.717) is 11.3 Å². The quantitative estimate of drug-likeness (QED) is 0.173. The van der Waals surface area contributed by atoms with Crippen molar-refractivity contribution in [2.24, 2.45) is 0 Å². The molecule has 12 heteroatoms. The fourth-order valence-corrected chi connectivity index (χ4v) is 5.88. The second-order valence-electron chi connectivity index (χ2n) is 12.7. The molecule has 1 aliphatic rings. The van der Waals surface area contributed by atoms with E-state index in [1.165, 1.54) is 7.11 Å². The summed E-state index contributed by atoms with van der Waals surface area (Å²) in [5.74, 6) is 0.0396. The fraction of sp³-hybridized carbons (Fsp3) is 0.294. The maximum absolute atomic E-state index is 13.7. The van der Waals surface area contributed by atoms with E-state index in [9.17, 15) is 13.2 Å². The van der Waals surface area contributed by atoms with E-state index in [2.05, 4.69) is 34.8 Å². The van der Waals surface area contributed by atoms with E-state index < -0.39 is 10.0 Å². The van der Waals surface area contributed by atoms with Gasteiger partial charge in [-0.1, -0.05) is 58.9 Å². The van der Waals surface area contributed by atoms with Crippen molar-refractivity contribution in [2.45, 2.75) is 52.9 Å². The molecule has 242 valence electrons. The molecule has 0 saturated heterocycles. The number of methoxy groups -OCH3 is 1. The van der Waals surface area contributed by atoms with Gasteiger partial charge in [-0.3, -0.25) is 14.5 Å². The van der Waals surface area contributed by atoms with Crippen molar-refractivity contribution in [3.8, 4) is 11.4 Å². The molecule has 1 amide bonds. The molecule has 3 aromatic carbocycles. The molecule has 2 heterocycles. The van der Waals surface area contributed by atoms with Gasteiger partial charge in [-0.15, -0.1) is 5.53 Å². The lowest BCUT2D eigenvalue weighted by atomic mass is 9.86. The number of amides is 1. The highest BCUT2D eigenvalue weighted by Gasteiger charge is 2.25. The lowest BCUT2D eigenvalue weighted by molar-refractivity contribution is 0.102. The normalized spacial score (nSPS) is 13.4. The zero-order valence-electron chi connectivity index (χ0n) is 27.4. The van der Waals surface area contributed by atoms with Gasteiger partial charge in [0.25, 0.3) is 5.91 Å². The minimum Gasteiger partial charge on any atom is -0.492 e. The van der Waals surface area contributed by atoms with Gasteiger partial charge in [-0.25, -0.2) is 13.1 Å². The molecule has 5 rings (SSSR count). The van der Waals surface area contributed by atoms with E-state index >= 15 is 0 Å². The summed E-state index contributed by atoms with van der Waals surface area (Å²) in [4.78, 5) is 13.7. The van der Waals surface area contributed by atoms with Crippen LogP contribution in [0, 0.1) is 6.92 Å². The molecule has 4 aromatic rings. The van der Waals surface area contributed by atoms with E-state index in [4.69, 9.17) is 9.84 Å². The number of sulfonamides is 1. The summed E-state index contributed by atoms with van der Waals surface area (Å²) in [7, 11) is -2.17. The number of benzene rings is 3. The van der Waals surface area contributed by atoms with E-state index in [-0.39, 0.29) is 28.7 Å². The van der Waals surface area contributed by atoms with E-state index in [1.54, 1.807) is 18.2 Å². The summed E-state index contributed by atoms with van der Waals surface area (Å²) < 4.78 is 34.3. The number of hydrogen-bond acceptors (Lipinski definition) is 8. The van der Waals surface area contributed by atoms with Gasteiger partial charge in [0, 0.05) is 17.3 Å². The van der Waals surface area contributed by atoms with Crippen LogP contribution in [-0.4, -0.2) is 37.5 Å². The number of ether oxygens (including phenoxy) is 1. The van der Waals surface area contributed by atoms with Gasteiger partial charge in [0.2, 0.25) is 10.0 Å². The molecule has 0 fully saturated rings. The SMILES string of the molecule is COc1c(NC(=O)c2ccc(C)c(N3C=C(c4cnn(-c5ccccc5)c4C(C)C)NN3)c2)cc(C(C)(C)C)cc1NS(C)(=O)=O. The first kappa shape index (κ1) is 32.6. The molecule has 0 aliphatic carbocycles. The number of hydrogen-bond donors (Lipinski definition) is 4. The monoisotopic (exact) mass is 643 g/mol. The highest BCUT2D eigenvalue weighted by molar-refractivity contribution is 7.92. The van der Waals surface area contributed by atoms with E-state index in [1.807, 2.05) is 92.2 Å². The summed E-state index contributed by atoms with van der Waals surface area (Å²) in [6, 6.07) is 19.0. The van der Waals surface area contributed by atoms with Crippen LogP contribution in [0.4, 0.5) is 17.1 Å². The van der Waals surface area contributed by atoms with Gasteiger partial charge in [0.05, 0.1) is 53.7 Å². The number of carbonyl (C=O) groups excluding carboxylic acids is 1. The Balaban J connectivity index is 1.46. The third kappa shape index (κ3) is 6.87. The number of carbonyl (C=O) groups is 1. The standard InChI is InChI=1S/C34H41N7O4S/c1-21(2)31-26(19-35-41(31)25-12-10-9-11-13-25)29-20-40(39-37-29)30-16-23(15-14-22(30)3)33(42)36-27-17-24(34(4,5)6)18-28(32(27)45-7)38-46(8,43)44/h9-21,37-39H,1-8H3,(H,36,42). The lowest BCUT2D eigenvalue weighted by Gasteiger charge is -2.24. The Morgan fingerprint density at radius 3 is 2.35 bits per heavy atom. The average molecular weight is 644 g/mol. The van der Waals surface area contributed by atoms with Gasteiger partial charge in [-0.05, 0) is 65.8 Å². The highest BCUT2D eigenvalue weighted by atomic mass is 32.2. The van der Waals surface area contributed by atoms with Crippen molar-refractivity contribution in [1.82, 2.24) is 20.7 Å². The second kappa shape index (κ2) is 12.5. The summed E-state index contributed by atoms with van der Waals surface area (Å²) in [6.45, 7) is 12.3. The Bertz CT molecular complexity index is 1910. The molecule has 0 saturated carbocycles. The third-order valence-electron chi connectivity index (χ3n) is 7.65. The van der Waals surface area contributed by atoms with Crippen LogP contribution in [0.15, 0.2) is 73.1 Å². The number of rotatable bonds is 9. The van der Waals surface area contributed by atoms with Crippen LogP contribution in [0.5, 0.6) is 5.75 Å². The van der Waals surface area contributed by atoms with Gasteiger partial charge >= 0.3 is 0 Å². The van der Waals surface area contributed by atoms with Crippen molar-refractivity contribution >= 4 is 38.7 Å². The Labute approximate surface area is 270 Å². The number of aromatic nitrogens is 2. The topological polar surface area (TPSA) is 130 Å². The van der Waals surface area contributed by atoms with Crippen molar-refractivity contribution in [3.63, 3.8) is 0 Å². The maximum atomic E-state index is 13.7. The van der Waals surface area contributed by atoms with Crippen LogP contribution in [0.25, 0.3) is 11.4 Å². The molecule has 0 unspecified atom stereocenters. The fourth-order valence-electron chi connectivity index (χ4n) is 5.33. The number of aryl methyl sites for hydroxylation is 1. The van der Waals surface area contributed by atoms with Crippen LogP contribution in [0.1, 0.15) is 73.3 Å². The summed E-state index contributed by atoms with van der Waals surface area (Å²) >= 11 is 0. The van der Waals surface area contributed by atoms with Crippen LogP contribution < -0.4 is 30.7 Å². The second-order valence-corrected chi connectivity index (χ2v) is 14.4. The molecule has 46 heavy (non-hydrogen) atoms. The van der Waals surface area contributed by atoms with Crippen molar-refractivity contribution in [2.75, 3.05) is 28.4 Å². The molecule has 0 spiro atoms. The number of para-hydroxylation sites is 1. The predicted molar refractivity (Wildman–Crippen MR) is 184 cm³/mol. The van der Waals surface area contributed by atoms with Gasteiger partial charge in [0.15, 0.2) is 5.75 Å². The van der Waals surface area contributed by atoms with Gasteiger partial charge in [-0.2, -0.15) is 5.10 Å². The highest BCUT2D eigenvalue weighted by Crippen LogP contribution is 2.39. The van der Waals surface area contributed by atoms with Crippen LogP contribution in [-0.2, 0) is 15.4 Å². The number of hydrazine groups is 2. The van der Waals surface area contributed by atoms with Crippen LogP contribution >= 0.6 is 0 Å². The van der Waals surface area contributed by atoms with Crippen molar-refractivity contribution in [1.29, 1.82) is 0 Å². The third-order valence-corrected chi connectivity index (χ3v) is 8.24. The summed E-state index contributed by atoms with van der Waals surface area (Å²) in [5.41, 5.74) is 13.5. The number of nitrogens with zero attached hydrogens (tertiary/aromatic N) is 3. The van der Waals surface area contributed by atoms with Gasteiger partial charge < -0.3 is 15.5 Å². The first-order valence-corrected chi connectivity index (χ1v) is 16.8. The minimum absolute atomic E-state index is 0.199. The lowest BCUT2D eigenvalue weighted by Crippen LogP contribution is -2.36. The first-order chi connectivity index (χ1) is 21.7. The molecule has 4 N–H and O–H groups in total. The molecule has 1 aromatic heterocycles. The van der Waals surface area contributed by atoms with E-state index in [0.717, 1.165) is 45.7 Å². The smallest absolute Gasteiger partial charge is 0.255 e. The zero-order chi connectivity index (χ0) is 33.4. The Hall–Kier alpha value is -4.81. The molecule has 0 atom stereocenters. The van der Waals surface area contributed by atoms with Crippen molar-refractivity contribution < 1.29 is 17.9 Å². The first-order valence-electron chi connectivity index (χ1n) is 14.9. The molecule has 0 bridgehead atoms.